The van der Waals surface area contributed by atoms with Gasteiger partial charge in [-0.05, 0) is 18.6 Å². The molecule has 17 heavy (non-hydrogen) atoms. The fourth-order valence-corrected chi connectivity index (χ4v) is 2.97. The van der Waals surface area contributed by atoms with E-state index in [1.807, 2.05) is 36.8 Å². The van der Waals surface area contributed by atoms with Gasteiger partial charge in [-0.25, -0.2) is 4.79 Å². The maximum Gasteiger partial charge on any atom is 0.414 e. The number of carbonyl (C=O) groups is 1. The van der Waals surface area contributed by atoms with Crippen LogP contribution in [0.5, 0.6) is 5.75 Å². The second-order valence-electron chi connectivity index (χ2n) is 3.60. The predicted octanol–water partition coefficient (Wildman–Crippen LogP) is 3.47. The first-order valence-corrected chi connectivity index (χ1v) is 7.71. The largest absolute Gasteiger partial charge is 0.414 e. The van der Waals surface area contributed by atoms with E-state index in [1.54, 1.807) is 37.6 Å². The summed E-state index contributed by atoms with van der Waals surface area (Å²) >= 11 is 3.46. The van der Waals surface area contributed by atoms with Crippen LogP contribution in [0, 0.1) is 0 Å². The first-order chi connectivity index (χ1) is 8.10. The molecule has 0 N–H and O–H groups in total. The SMILES string of the molecule is CSC(SC)c1ccccc1OC(=O)N(C)C. The van der Waals surface area contributed by atoms with E-state index in [2.05, 4.69) is 0 Å². The minimum absolute atomic E-state index is 0.279. The van der Waals surface area contributed by atoms with E-state index in [0.29, 0.717) is 5.75 Å². The fourth-order valence-electron chi connectivity index (χ4n) is 1.30. The number of carbonyl (C=O) groups excluding carboxylic acids is 1. The average molecular weight is 271 g/mol. The highest BCUT2D eigenvalue weighted by molar-refractivity contribution is 8.15. The Kier molecular flexibility index (Phi) is 5.71. The molecule has 0 fully saturated rings. The molecule has 0 radical (unpaired) electrons. The Morgan fingerprint density at radius 1 is 1.24 bits per heavy atom. The van der Waals surface area contributed by atoms with Gasteiger partial charge in [0.05, 0.1) is 4.58 Å². The summed E-state index contributed by atoms with van der Waals surface area (Å²) in [6.07, 6.45) is 3.75. The third-order valence-corrected chi connectivity index (χ3v) is 4.68. The molecule has 0 heterocycles. The molecule has 0 bridgehead atoms. The van der Waals surface area contributed by atoms with Crippen molar-refractivity contribution in [3.8, 4) is 5.75 Å². The van der Waals surface area contributed by atoms with Crippen LogP contribution in [-0.4, -0.2) is 37.6 Å². The van der Waals surface area contributed by atoms with Gasteiger partial charge >= 0.3 is 6.09 Å². The number of benzene rings is 1. The molecular formula is C12H17NO2S2. The summed E-state index contributed by atoms with van der Waals surface area (Å²) in [7, 11) is 3.34. The third kappa shape index (κ3) is 3.85. The van der Waals surface area contributed by atoms with Crippen LogP contribution in [-0.2, 0) is 0 Å². The van der Waals surface area contributed by atoms with Crippen LogP contribution < -0.4 is 4.74 Å². The maximum atomic E-state index is 11.6. The quantitative estimate of drug-likeness (QED) is 0.784. The molecule has 1 aromatic rings. The summed E-state index contributed by atoms with van der Waals surface area (Å²) in [5.41, 5.74) is 1.04. The van der Waals surface area contributed by atoms with E-state index in [0.717, 1.165) is 5.56 Å². The van der Waals surface area contributed by atoms with Gasteiger partial charge in [0.25, 0.3) is 0 Å². The lowest BCUT2D eigenvalue weighted by atomic mass is 10.2. The highest BCUT2D eigenvalue weighted by atomic mass is 32.2. The van der Waals surface area contributed by atoms with Gasteiger partial charge in [0.15, 0.2) is 0 Å². The minimum atomic E-state index is -0.349. The maximum absolute atomic E-state index is 11.6. The molecule has 3 nitrogen and oxygen atoms in total. The van der Waals surface area contributed by atoms with Crippen LogP contribution >= 0.6 is 23.5 Å². The Labute approximate surface area is 111 Å². The molecule has 0 aliphatic rings. The van der Waals surface area contributed by atoms with Gasteiger partial charge < -0.3 is 9.64 Å². The van der Waals surface area contributed by atoms with Crippen molar-refractivity contribution in [2.75, 3.05) is 26.6 Å². The molecule has 94 valence electrons. The molecule has 1 aromatic carbocycles. The number of amides is 1. The van der Waals surface area contributed by atoms with Crippen LogP contribution in [0.3, 0.4) is 0 Å². The van der Waals surface area contributed by atoms with Gasteiger partial charge in [-0.2, -0.15) is 0 Å². The van der Waals surface area contributed by atoms with E-state index in [9.17, 15) is 4.79 Å². The van der Waals surface area contributed by atoms with Crippen molar-refractivity contribution in [3.05, 3.63) is 29.8 Å². The monoisotopic (exact) mass is 271 g/mol. The van der Waals surface area contributed by atoms with Crippen LogP contribution in [0.4, 0.5) is 4.79 Å². The topological polar surface area (TPSA) is 29.5 Å². The van der Waals surface area contributed by atoms with Crippen molar-refractivity contribution in [2.45, 2.75) is 4.58 Å². The normalized spacial score (nSPS) is 10.4. The molecular weight excluding hydrogens is 254 g/mol. The van der Waals surface area contributed by atoms with Crippen molar-refractivity contribution in [1.29, 1.82) is 0 Å². The van der Waals surface area contributed by atoms with E-state index in [4.69, 9.17) is 4.74 Å². The number of rotatable bonds is 4. The summed E-state index contributed by atoms with van der Waals surface area (Å²) in [5, 5.41) is 0. The van der Waals surface area contributed by atoms with Crippen molar-refractivity contribution in [3.63, 3.8) is 0 Å². The Hall–Kier alpha value is -0.810. The second kappa shape index (κ2) is 6.81. The first kappa shape index (κ1) is 14.3. The van der Waals surface area contributed by atoms with E-state index in [-0.39, 0.29) is 10.7 Å². The zero-order valence-electron chi connectivity index (χ0n) is 10.5. The number of hydrogen-bond donors (Lipinski definition) is 0. The van der Waals surface area contributed by atoms with E-state index >= 15 is 0 Å². The summed E-state index contributed by atoms with van der Waals surface area (Å²) in [5.74, 6) is 0.639. The second-order valence-corrected chi connectivity index (χ2v) is 5.79. The zero-order valence-corrected chi connectivity index (χ0v) is 12.1. The number of para-hydroxylation sites is 1. The molecule has 5 heteroatoms. The molecule has 0 spiro atoms. The smallest absolute Gasteiger partial charge is 0.410 e. The van der Waals surface area contributed by atoms with Crippen LogP contribution in [0.1, 0.15) is 10.1 Å². The molecule has 1 rings (SSSR count). The van der Waals surface area contributed by atoms with Gasteiger partial charge in [0.2, 0.25) is 0 Å². The zero-order chi connectivity index (χ0) is 12.8. The summed E-state index contributed by atoms with van der Waals surface area (Å²) in [6.45, 7) is 0. The van der Waals surface area contributed by atoms with Crippen LogP contribution in [0.15, 0.2) is 24.3 Å². The highest BCUT2D eigenvalue weighted by Crippen LogP contribution is 2.40. The van der Waals surface area contributed by atoms with Crippen molar-refractivity contribution in [1.82, 2.24) is 4.90 Å². The number of thioether (sulfide) groups is 2. The van der Waals surface area contributed by atoms with Crippen molar-refractivity contribution < 1.29 is 9.53 Å². The van der Waals surface area contributed by atoms with Crippen LogP contribution in [0.2, 0.25) is 0 Å². The summed E-state index contributed by atoms with van der Waals surface area (Å²) < 4.78 is 5.63. The van der Waals surface area contributed by atoms with Gasteiger partial charge in [-0.3, -0.25) is 0 Å². The Balaban J connectivity index is 2.95. The minimum Gasteiger partial charge on any atom is -0.410 e. The van der Waals surface area contributed by atoms with Crippen molar-refractivity contribution in [2.24, 2.45) is 0 Å². The predicted molar refractivity (Wildman–Crippen MR) is 75.9 cm³/mol. The van der Waals surface area contributed by atoms with E-state index < -0.39 is 0 Å². The van der Waals surface area contributed by atoms with Crippen molar-refractivity contribution >= 4 is 29.6 Å². The average Bonchev–Trinajstić information content (AvgIpc) is 2.32. The molecule has 0 unspecified atom stereocenters. The Morgan fingerprint density at radius 3 is 2.35 bits per heavy atom. The molecule has 0 atom stereocenters. The number of ether oxygens (including phenoxy) is 1. The Morgan fingerprint density at radius 2 is 1.82 bits per heavy atom. The lowest BCUT2D eigenvalue weighted by Gasteiger charge is -2.17. The first-order valence-electron chi connectivity index (χ1n) is 5.13. The summed E-state index contributed by atoms with van der Waals surface area (Å²) in [6, 6.07) is 7.66. The third-order valence-electron chi connectivity index (χ3n) is 2.16. The lowest BCUT2D eigenvalue weighted by molar-refractivity contribution is 0.171. The molecule has 1 amide bonds. The van der Waals surface area contributed by atoms with Gasteiger partial charge in [0.1, 0.15) is 5.75 Å². The molecule has 0 aliphatic carbocycles. The molecule has 0 saturated carbocycles. The number of hydrogen-bond acceptors (Lipinski definition) is 4. The van der Waals surface area contributed by atoms with E-state index in [1.165, 1.54) is 4.90 Å². The van der Waals surface area contributed by atoms with Gasteiger partial charge in [-0.15, -0.1) is 23.5 Å². The van der Waals surface area contributed by atoms with Gasteiger partial charge in [-0.1, -0.05) is 18.2 Å². The lowest BCUT2D eigenvalue weighted by Crippen LogP contribution is -2.25. The van der Waals surface area contributed by atoms with Gasteiger partial charge in [0, 0.05) is 19.7 Å². The number of nitrogens with zero attached hydrogens (tertiary/aromatic N) is 1. The van der Waals surface area contributed by atoms with Crippen LogP contribution in [0.25, 0.3) is 0 Å². The highest BCUT2D eigenvalue weighted by Gasteiger charge is 2.16. The standard InChI is InChI=1S/C12H17NO2S2/c1-13(2)12(14)15-10-8-6-5-7-9(10)11(16-3)17-4/h5-8,11H,1-4H3. The molecule has 0 aromatic heterocycles. The fraction of sp³-hybridized carbons (Fsp3) is 0.417. The Bertz CT molecular complexity index is 379. The molecule has 0 saturated heterocycles. The summed E-state index contributed by atoms with van der Waals surface area (Å²) in [4.78, 5) is 13.0. The molecule has 0 aliphatic heterocycles.